The van der Waals surface area contributed by atoms with Gasteiger partial charge in [-0.15, -0.1) is 0 Å². The molecular weight excluding hydrogens is 424 g/mol. The van der Waals surface area contributed by atoms with E-state index in [9.17, 15) is 14.4 Å². The molecule has 2 aromatic carbocycles. The predicted molar refractivity (Wildman–Crippen MR) is 110 cm³/mol. The normalized spacial score (nSPS) is 12.5. The van der Waals surface area contributed by atoms with Crippen molar-refractivity contribution in [3.05, 3.63) is 70.2 Å². The lowest BCUT2D eigenvalue weighted by Crippen LogP contribution is -2.38. The van der Waals surface area contributed by atoms with Crippen molar-refractivity contribution < 1.29 is 19.1 Å². The second-order valence-corrected chi connectivity index (χ2v) is 7.31. The number of carbonyl (C=O) groups is 3. The van der Waals surface area contributed by atoms with Crippen molar-refractivity contribution in [2.45, 2.75) is 31.8 Å². The third-order valence-electron chi connectivity index (χ3n) is 4.11. The molecule has 2 N–H and O–H groups in total. The highest BCUT2D eigenvalue weighted by Crippen LogP contribution is 2.20. The number of amides is 2. The highest BCUT2D eigenvalue weighted by atomic mass is 79.9. The SMILES string of the molecule is COC(=O)CC(NC(=O)CC(C)NC(=O)c1ccccc1)c1ccc(Br)cc1. The van der Waals surface area contributed by atoms with Crippen LogP contribution in [0.5, 0.6) is 0 Å². The Labute approximate surface area is 172 Å². The van der Waals surface area contributed by atoms with E-state index in [0.29, 0.717) is 5.56 Å². The number of hydrogen-bond donors (Lipinski definition) is 2. The molecule has 0 aliphatic rings. The van der Waals surface area contributed by atoms with Gasteiger partial charge in [-0.1, -0.05) is 46.3 Å². The zero-order chi connectivity index (χ0) is 20.5. The van der Waals surface area contributed by atoms with Crippen LogP contribution in [0.2, 0.25) is 0 Å². The van der Waals surface area contributed by atoms with Gasteiger partial charge in [0.05, 0.1) is 19.6 Å². The van der Waals surface area contributed by atoms with Gasteiger partial charge in [-0.25, -0.2) is 0 Å². The van der Waals surface area contributed by atoms with Crippen LogP contribution in [0.1, 0.15) is 41.7 Å². The number of methoxy groups -OCH3 is 1. The third kappa shape index (κ3) is 6.81. The van der Waals surface area contributed by atoms with Crippen LogP contribution in [-0.2, 0) is 14.3 Å². The number of esters is 1. The Kier molecular flexibility index (Phi) is 8.19. The Balaban J connectivity index is 1.97. The fourth-order valence-electron chi connectivity index (χ4n) is 2.68. The van der Waals surface area contributed by atoms with Crippen LogP contribution >= 0.6 is 15.9 Å². The van der Waals surface area contributed by atoms with Crippen LogP contribution in [0.15, 0.2) is 59.1 Å². The summed E-state index contributed by atoms with van der Waals surface area (Å²) in [4.78, 5) is 36.4. The van der Waals surface area contributed by atoms with Crippen molar-refractivity contribution in [3.63, 3.8) is 0 Å². The molecule has 2 rings (SSSR count). The zero-order valence-electron chi connectivity index (χ0n) is 15.8. The van der Waals surface area contributed by atoms with Gasteiger partial charge in [0.1, 0.15) is 0 Å². The van der Waals surface area contributed by atoms with Crippen LogP contribution in [0.3, 0.4) is 0 Å². The summed E-state index contributed by atoms with van der Waals surface area (Å²) in [6, 6.07) is 15.3. The van der Waals surface area contributed by atoms with Gasteiger partial charge in [0.15, 0.2) is 0 Å². The van der Waals surface area contributed by atoms with Gasteiger partial charge in [-0.3, -0.25) is 14.4 Å². The Bertz CT molecular complexity index is 809. The summed E-state index contributed by atoms with van der Waals surface area (Å²) in [6.45, 7) is 1.76. The summed E-state index contributed by atoms with van der Waals surface area (Å²) in [6.07, 6.45) is 0.113. The molecule has 0 fully saturated rings. The van der Waals surface area contributed by atoms with Gasteiger partial charge in [0.2, 0.25) is 5.91 Å². The Morgan fingerprint density at radius 2 is 1.61 bits per heavy atom. The molecule has 0 aromatic heterocycles. The van der Waals surface area contributed by atoms with E-state index < -0.39 is 12.0 Å². The van der Waals surface area contributed by atoms with Crippen LogP contribution in [0, 0.1) is 0 Å². The number of carbonyl (C=O) groups excluding carboxylic acids is 3. The van der Waals surface area contributed by atoms with E-state index in [1.165, 1.54) is 7.11 Å². The van der Waals surface area contributed by atoms with E-state index in [1.54, 1.807) is 31.2 Å². The van der Waals surface area contributed by atoms with Gasteiger partial charge in [-0.2, -0.15) is 0 Å². The van der Waals surface area contributed by atoms with Crippen LogP contribution < -0.4 is 10.6 Å². The molecule has 28 heavy (non-hydrogen) atoms. The minimum absolute atomic E-state index is 0.0224. The first-order chi connectivity index (χ1) is 13.4. The number of benzene rings is 2. The minimum Gasteiger partial charge on any atom is -0.469 e. The Hall–Kier alpha value is -2.67. The number of nitrogens with one attached hydrogen (secondary N) is 2. The second-order valence-electron chi connectivity index (χ2n) is 6.40. The maximum absolute atomic E-state index is 12.5. The molecule has 2 aromatic rings. The van der Waals surface area contributed by atoms with E-state index >= 15 is 0 Å². The van der Waals surface area contributed by atoms with Crippen molar-refractivity contribution in [1.82, 2.24) is 10.6 Å². The summed E-state index contributed by atoms with van der Waals surface area (Å²) in [5, 5.41) is 5.66. The maximum Gasteiger partial charge on any atom is 0.307 e. The monoisotopic (exact) mass is 446 g/mol. The molecular formula is C21H23BrN2O4. The summed E-state index contributed by atoms with van der Waals surface area (Å²) in [5.74, 6) is -0.920. The van der Waals surface area contributed by atoms with E-state index in [4.69, 9.17) is 4.74 Å². The van der Waals surface area contributed by atoms with Gasteiger partial charge in [-0.05, 0) is 36.8 Å². The summed E-state index contributed by atoms with van der Waals surface area (Å²) >= 11 is 3.37. The molecule has 6 nitrogen and oxygen atoms in total. The zero-order valence-corrected chi connectivity index (χ0v) is 17.4. The molecule has 0 bridgehead atoms. The van der Waals surface area contributed by atoms with Crippen molar-refractivity contribution >= 4 is 33.7 Å². The van der Waals surface area contributed by atoms with Crippen LogP contribution in [-0.4, -0.2) is 30.9 Å². The Morgan fingerprint density at radius 1 is 0.964 bits per heavy atom. The van der Waals surface area contributed by atoms with E-state index in [0.717, 1.165) is 10.0 Å². The quantitative estimate of drug-likeness (QED) is 0.608. The smallest absolute Gasteiger partial charge is 0.307 e. The molecule has 0 saturated heterocycles. The van der Waals surface area contributed by atoms with Crippen molar-refractivity contribution in [1.29, 1.82) is 0 Å². The Morgan fingerprint density at radius 3 is 2.21 bits per heavy atom. The number of hydrogen-bond acceptors (Lipinski definition) is 4. The number of ether oxygens (including phenoxy) is 1. The number of rotatable bonds is 8. The molecule has 0 spiro atoms. The molecule has 0 heterocycles. The highest BCUT2D eigenvalue weighted by molar-refractivity contribution is 9.10. The van der Waals surface area contributed by atoms with E-state index in [2.05, 4.69) is 26.6 Å². The van der Waals surface area contributed by atoms with E-state index in [-0.39, 0.29) is 30.7 Å². The second kappa shape index (κ2) is 10.6. The third-order valence-corrected chi connectivity index (χ3v) is 4.64. The lowest BCUT2D eigenvalue weighted by Gasteiger charge is -2.20. The first kappa shape index (κ1) is 21.6. The summed E-state index contributed by atoms with van der Waals surface area (Å²) in [5.41, 5.74) is 1.33. The molecule has 0 saturated carbocycles. The minimum atomic E-state index is -0.509. The maximum atomic E-state index is 12.5. The standard InChI is InChI=1S/C21H23BrN2O4/c1-14(23-21(27)16-6-4-3-5-7-16)12-19(25)24-18(13-20(26)28-2)15-8-10-17(22)11-9-15/h3-11,14,18H,12-13H2,1-2H3,(H,23,27)(H,24,25). The molecule has 2 atom stereocenters. The lowest BCUT2D eigenvalue weighted by atomic mass is 10.0. The van der Waals surface area contributed by atoms with Crippen LogP contribution in [0.4, 0.5) is 0 Å². The molecule has 2 amide bonds. The fraction of sp³-hybridized carbons (Fsp3) is 0.286. The molecule has 2 unspecified atom stereocenters. The molecule has 0 radical (unpaired) electrons. The molecule has 148 valence electrons. The first-order valence-electron chi connectivity index (χ1n) is 8.86. The fourth-order valence-corrected chi connectivity index (χ4v) is 2.94. The summed E-state index contributed by atoms with van der Waals surface area (Å²) < 4.78 is 5.63. The van der Waals surface area contributed by atoms with Crippen molar-refractivity contribution in [2.24, 2.45) is 0 Å². The summed E-state index contributed by atoms with van der Waals surface area (Å²) in [7, 11) is 1.31. The molecule has 7 heteroatoms. The molecule has 0 aliphatic heterocycles. The topological polar surface area (TPSA) is 84.5 Å². The van der Waals surface area contributed by atoms with Gasteiger partial charge < -0.3 is 15.4 Å². The first-order valence-corrected chi connectivity index (χ1v) is 9.66. The average molecular weight is 447 g/mol. The van der Waals surface area contributed by atoms with Crippen molar-refractivity contribution in [3.8, 4) is 0 Å². The van der Waals surface area contributed by atoms with Gasteiger partial charge in [0.25, 0.3) is 5.91 Å². The van der Waals surface area contributed by atoms with Crippen molar-refractivity contribution in [2.75, 3.05) is 7.11 Å². The van der Waals surface area contributed by atoms with Gasteiger partial charge in [0, 0.05) is 22.5 Å². The molecule has 0 aliphatic carbocycles. The van der Waals surface area contributed by atoms with Crippen LogP contribution in [0.25, 0.3) is 0 Å². The largest absolute Gasteiger partial charge is 0.469 e. The average Bonchev–Trinajstić information content (AvgIpc) is 2.68. The predicted octanol–water partition coefficient (Wildman–Crippen LogP) is 3.38. The van der Waals surface area contributed by atoms with E-state index in [1.807, 2.05) is 30.3 Å². The number of halogens is 1. The highest BCUT2D eigenvalue weighted by Gasteiger charge is 2.20. The lowest BCUT2D eigenvalue weighted by molar-refractivity contribution is -0.141. The van der Waals surface area contributed by atoms with Gasteiger partial charge >= 0.3 is 5.97 Å².